The molecule has 0 aromatic heterocycles. The summed E-state index contributed by atoms with van der Waals surface area (Å²) in [7, 11) is 0. The second kappa shape index (κ2) is 3.31. The Bertz CT molecular complexity index is 111. The molecule has 0 aliphatic carbocycles. The van der Waals surface area contributed by atoms with Crippen LogP contribution in [0.5, 0.6) is 0 Å². The van der Waals surface area contributed by atoms with E-state index in [1.54, 1.807) is 11.8 Å². The molecule has 0 saturated carbocycles. The van der Waals surface area contributed by atoms with Gasteiger partial charge in [-0.1, -0.05) is 0 Å². The molecule has 0 radical (unpaired) electrons. The summed E-state index contributed by atoms with van der Waals surface area (Å²) in [6, 6.07) is 0.260. The van der Waals surface area contributed by atoms with Gasteiger partial charge >= 0.3 is 0 Å². The van der Waals surface area contributed by atoms with Crippen molar-refractivity contribution in [3.05, 3.63) is 4.91 Å². The van der Waals surface area contributed by atoms with Crippen LogP contribution < -0.4 is 0 Å². The summed E-state index contributed by atoms with van der Waals surface area (Å²) in [6.07, 6.45) is 0. The summed E-state index contributed by atoms with van der Waals surface area (Å²) in [6.45, 7) is 0. The normalized spacial score (nSPS) is 26.8. The second-order valence-electron chi connectivity index (χ2n) is 1.86. The van der Waals surface area contributed by atoms with Crippen molar-refractivity contribution in [3.63, 3.8) is 0 Å². The maximum Gasteiger partial charge on any atom is 0.0851 e. The van der Waals surface area contributed by atoms with Crippen molar-refractivity contribution in [3.8, 4) is 0 Å². The zero-order valence-electron chi connectivity index (χ0n) is 4.86. The van der Waals surface area contributed by atoms with Gasteiger partial charge in [0.2, 0.25) is 0 Å². The third-order valence-electron chi connectivity index (χ3n) is 1.27. The van der Waals surface area contributed by atoms with Crippen LogP contribution in [0.3, 0.4) is 0 Å². The molecule has 0 spiro atoms. The highest BCUT2D eigenvalue weighted by atomic mass is 32.2. The Morgan fingerprint density at radius 3 is 3.11 bits per heavy atom. The molecule has 3 nitrogen and oxygen atoms in total. The summed E-state index contributed by atoms with van der Waals surface area (Å²) in [5, 5.41) is 4.39. The average Bonchev–Trinajstić information content (AvgIpc) is 2.33. The number of thiol groups is 1. The first-order chi connectivity index (χ1) is 4.38. The summed E-state index contributed by atoms with van der Waals surface area (Å²) in [5.41, 5.74) is 0. The minimum atomic E-state index is 0.260. The lowest BCUT2D eigenvalue weighted by Crippen LogP contribution is -2.26. The predicted molar refractivity (Wildman–Crippen MR) is 42.6 cm³/mol. The molecule has 1 aliphatic rings. The number of nitrogens with zero attached hydrogens (tertiary/aromatic N) is 2. The molecule has 52 valence electrons. The topological polar surface area (TPSA) is 32.7 Å². The molecule has 0 aromatic carbocycles. The quantitative estimate of drug-likeness (QED) is 0.487. The van der Waals surface area contributed by atoms with Crippen LogP contribution in [0, 0.1) is 4.91 Å². The molecular weight excluding hydrogens is 156 g/mol. The Morgan fingerprint density at radius 2 is 2.67 bits per heavy atom. The van der Waals surface area contributed by atoms with Crippen LogP contribution in [0.25, 0.3) is 0 Å². The summed E-state index contributed by atoms with van der Waals surface area (Å²) >= 11 is 5.80. The van der Waals surface area contributed by atoms with E-state index in [1.807, 2.05) is 0 Å². The number of hydrogen-bond acceptors (Lipinski definition) is 4. The molecule has 0 N–H and O–H groups in total. The predicted octanol–water partition coefficient (Wildman–Crippen LogP) is 0.972. The van der Waals surface area contributed by atoms with Gasteiger partial charge in [-0.2, -0.15) is 12.6 Å². The van der Waals surface area contributed by atoms with Gasteiger partial charge in [-0.15, -0.1) is 16.7 Å². The van der Waals surface area contributed by atoms with E-state index in [1.165, 1.54) is 5.01 Å². The van der Waals surface area contributed by atoms with E-state index in [9.17, 15) is 4.91 Å². The Labute approximate surface area is 63.5 Å². The highest BCUT2D eigenvalue weighted by Gasteiger charge is 2.22. The number of nitroso groups, excluding NO2 is 1. The Kier molecular flexibility index (Phi) is 2.65. The van der Waals surface area contributed by atoms with Gasteiger partial charge in [-0.25, -0.2) is 5.01 Å². The van der Waals surface area contributed by atoms with Crippen LogP contribution in [0.2, 0.25) is 0 Å². The number of rotatable bonds is 2. The molecule has 0 aromatic rings. The van der Waals surface area contributed by atoms with Gasteiger partial charge in [0.15, 0.2) is 0 Å². The van der Waals surface area contributed by atoms with Crippen molar-refractivity contribution in [2.24, 2.45) is 5.29 Å². The summed E-state index contributed by atoms with van der Waals surface area (Å²) < 4.78 is 0. The zero-order valence-corrected chi connectivity index (χ0v) is 6.57. The molecule has 1 fully saturated rings. The first-order valence-corrected chi connectivity index (χ1v) is 4.45. The first-order valence-electron chi connectivity index (χ1n) is 2.67. The highest BCUT2D eigenvalue weighted by molar-refractivity contribution is 7.99. The summed E-state index contributed by atoms with van der Waals surface area (Å²) in [5.74, 6) is 2.43. The molecule has 5 heteroatoms. The van der Waals surface area contributed by atoms with E-state index in [0.717, 1.165) is 17.4 Å². The molecule has 1 heterocycles. The van der Waals surface area contributed by atoms with Crippen molar-refractivity contribution in [1.29, 1.82) is 0 Å². The minimum absolute atomic E-state index is 0.260. The van der Waals surface area contributed by atoms with E-state index >= 15 is 0 Å². The van der Waals surface area contributed by atoms with Crippen LogP contribution in [-0.2, 0) is 0 Å². The average molecular weight is 164 g/mol. The van der Waals surface area contributed by atoms with Gasteiger partial charge in [0.1, 0.15) is 0 Å². The van der Waals surface area contributed by atoms with Crippen LogP contribution >= 0.6 is 24.4 Å². The van der Waals surface area contributed by atoms with Crippen molar-refractivity contribution >= 4 is 24.4 Å². The molecule has 1 atom stereocenters. The fraction of sp³-hybridized carbons (Fsp3) is 1.00. The number of thioether (sulfide) groups is 1. The van der Waals surface area contributed by atoms with Gasteiger partial charge in [0.25, 0.3) is 0 Å². The van der Waals surface area contributed by atoms with Crippen molar-refractivity contribution in [2.75, 3.05) is 17.4 Å². The monoisotopic (exact) mass is 164 g/mol. The largest absolute Gasteiger partial charge is 0.246 e. The van der Waals surface area contributed by atoms with Crippen molar-refractivity contribution in [2.45, 2.75) is 6.04 Å². The van der Waals surface area contributed by atoms with Gasteiger partial charge in [0, 0.05) is 11.5 Å². The van der Waals surface area contributed by atoms with Gasteiger partial charge in [-0.05, 0) is 0 Å². The van der Waals surface area contributed by atoms with E-state index in [2.05, 4.69) is 17.9 Å². The standard InChI is InChI=1S/C4H8N2OS2/c7-5-6-3-9-2-4(6)1-8/h4,8H,1-3H2. The van der Waals surface area contributed by atoms with E-state index < -0.39 is 0 Å². The maximum absolute atomic E-state index is 10.0. The smallest absolute Gasteiger partial charge is 0.0851 e. The lowest BCUT2D eigenvalue weighted by molar-refractivity contribution is 0.296. The minimum Gasteiger partial charge on any atom is -0.246 e. The fourth-order valence-corrected chi connectivity index (χ4v) is 2.32. The summed E-state index contributed by atoms with van der Waals surface area (Å²) in [4.78, 5) is 10.0. The lowest BCUT2D eigenvalue weighted by Gasteiger charge is -2.12. The SMILES string of the molecule is O=NN1CSCC1CS. The maximum atomic E-state index is 10.0. The van der Waals surface area contributed by atoms with Crippen LogP contribution in [0.15, 0.2) is 5.29 Å². The molecule has 1 saturated heterocycles. The van der Waals surface area contributed by atoms with E-state index in [-0.39, 0.29) is 6.04 Å². The van der Waals surface area contributed by atoms with Crippen molar-refractivity contribution in [1.82, 2.24) is 5.01 Å². The molecular formula is C4H8N2OS2. The molecule has 0 amide bonds. The van der Waals surface area contributed by atoms with Crippen molar-refractivity contribution < 1.29 is 0 Å². The molecule has 1 rings (SSSR count). The van der Waals surface area contributed by atoms with Crippen LogP contribution in [0.1, 0.15) is 0 Å². The molecule has 1 unspecified atom stereocenters. The van der Waals surface area contributed by atoms with Crippen LogP contribution in [0.4, 0.5) is 0 Å². The van der Waals surface area contributed by atoms with Gasteiger partial charge in [-0.3, -0.25) is 0 Å². The molecule has 1 aliphatic heterocycles. The Hall–Kier alpha value is 0.1000. The van der Waals surface area contributed by atoms with E-state index in [0.29, 0.717) is 0 Å². The van der Waals surface area contributed by atoms with Gasteiger partial charge < -0.3 is 0 Å². The van der Waals surface area contributed by atoms with Crippen LogP contribution in [-0.4, -0.2) is 28.4 Å². The lowest BCUT2D eigenvalue weighted by atomic mass is 10.4. The Balaban J connectivity index is 2.41. The zero-order chi connectivity index (χ0) is 6.69. The van der Waals surface area contributed by atoms with Gasteiger partial charge in [0.05, 0.1) is 17.2 Å². The Morgan fingerprint density at radius 1 is 1.89 bits per heavy atom. The second-order valence-corrected chi connectivity index (χ2v) is 3.22. The third kappa shape index (κ3) is 1.52. The molecule has 9 heavy (non-hydrogen) atoms. The van der Waals surface area contributed by atoms with E-state index in [4.69, 9.17) is 0 Å². The third-order valence-corrected chi connectivity index (χ3v) is 2.76. The molecule has 0 bridgehead atoms. The first kappa shape index (κ1) is 7.21. The number of hydrogen-bond donors (Lipinski definition) is 1. The highest BCUT2D eigenvalue weighted by Crippen LogP contribution is 2.20. The fourth-order valence-electron chi connectivity index (χ4n) is 0.711.